The third-order valence-corrected chi connectivity index (χ3v) is 6.78. The summed E-state index contributed by atoms with van der Waals surface area (Å²) < 4.78 is 0. The number of carbonyl (C=O) groups excluding carboxylic acids is 1. The van der Waals surface area contributed by atoms with Gasteiger partial charge in [0.25, 0.3) is 0 Å². The maximum atomic E-state index is 11.8. The number of Topliss-reactive ketones (excluding diaryl/α,β-unsaturated/α-hetero) is 1. The third-order valence-electron chi connectivity index (χ3n) is 5.56. The van der Waals surface area contributed by atoms with Crippen LogP contribution in [0.3, 0.4) is 0 Å². The van der Waals surface area contributed by atoms with E-state index in [1.807, 2.05) is 42.6 Å². The first kappa shape index (κ1) is 18.7. The molecule has 2 N–H and O–H groups in total. The van der Waals surface area contributed by atoms with E-state index in [0.29, 0.717) is 0 Å². The number of pyridine rings is 2. The Morgan fingerprint density at radius 2 is 1.84 bits per heavy atom. The van der Waals surface area contributed by atoms with Gasteiger partial charge in [-0.2, -0.15) is 5.10 Å². The highest BCUT2D eigenvalue weighted by molar-refractivity contribution is 7.17. The summed E-state index contributed by atoms with van der Waals surface area (Å²) in [4.78, 5) is 25.8. The number of ketones is 1. The molecule has 7 heteroatoms. The molecule has 6 aromatic rings. The number of aromatic amines is 2. The average Bonchev–Trinajstić information content (AvgIpc) is 3.56. The van der Waals surface area contributed by atoms with Crippen molar-refractivity contribution in [1.29, 1.82) is 0 Å². The zero-order chi connectivity index (χ0) is 21.7. The molecule has 32 heavy (non-hydrogen) atoms. The molecule has 0 spiro atoms. The van der Waals surface area contributed by atoms with Crippen LogP contribution in [0, 0.1) is 0 Å². The number of hydrogen-bond acceptors (Lipinski definition) is 5. The number of hydrogen-bond donors (Lipinski definition) is 2. The standard InChI is InChI=1S/C25H17N5OS/c1-14(31)23-5-6-24(32-23)16-3-2-4-19-17(16)11-21(28-19)25-18-12-20(15-7-9-26-10-8-15)27-13-22(18)29-30-25/h2-13,28H,1H3,(H,29,30). The lowest BCUT2D eigenvalue weighted by Gasteiger charge is -2.00. The SMILES string of the molecule is CC(=O)c1ccc(-c2cccc3[nH]c(-c4n[nH]c5cnc(-c6ccncc6)cc45)cc23)s1. The number of aromatic nitrogens is 5. The zero-order valence-corrected chi connectivity index (χ0v) is 17.9. The van der Waals surface area contributed by atoms with Crippen molar-refractivity contribution in [1.82, 2.24) is 25.1 Å². The van der Waals surface area contributed by atoms with Crippen molar-refractivity contribution >= 4 is 38.9 Å². The molecule has 0 atom stereocenters. The summed E-state index contributed by atoms with van der Waals surface area (Å²) >= 11 is 1.52. The highest BCUT2D eigenvalue weighted by Crippen LogP contribution is 2.37. The lowest BCUT2D eigenvalue weighted by molar-refractivity contribution is 0.102. The first-order chi connectivity index (χ1) is 15.7. The van der Waals surface area contributed by atoms with Crippen LogP contribution in [-0.2, 0) is 0 Å². The van der Waals surface area contributed by atoms with Crippen LogP contribution in [0.25, 0.3) is 54.9 Å². The van der Waals surface area contributed by atoms with E-state index in [0.717, 1.165) is 59.8 Å². The van der Waals surface area contributed by atoms with Crippen molar-refractivity contribution in [3.63, 3.8) is 0 Å². The first-order valence-corrected chi connectivity index (χ1v) is 11.0. The molecule has 0 bridgehead atoms. The van der Waals surface area contributed by atoms with Crippen molar-refractivity contribution in [2.75, 3.05) is 0 Å². The van der Waals surface area contributed by atoms with Crippen LogP contribution in [-0.4, -0.2) is 30.9 Å². The monoisotopic (exact) mass is 435 g/mol. The van der Waals surface area contributed by atoms with Gasteiger partial charge in [-0.15, -0.1) is 11.3 Å². The quantitative estimate of drug-likeness (QED) is 0.328. The number of thiophene rings is 1. The van der Waals surface area contributed by atoms with E-state index in [9.17, 15) is 4.79 Å². The molecule has 1 aromatic carbocycles. The van der Waals surface area contributed by atoms with Gasteiger partial charge < -0.3 is 4.98 Å². The van der Waals surface area contributed by atoms with Crippen LogP contribution in [0.4, 0.5) is 0 Å². The molecule has 6 rings (SSSR count). The van der Waals surface area contributed by atoms with Crippen LogP contribution < -0.4 is 0 Å². The summed E-state index contributed by atoms with van der Waals surface area (Å²) in [5.41, 5.74) is 6.64. The Morgan fingerprint density at radius 3 is 2.66 bits per heavy atom. The van der Waals surface area contributed by atoms with Gasteiger partial charge in [-0.25, -0.2) is 0 Å². The number of carbonyl (C=O) groups is 1. The molecule has 0 fully saturated rings. The fourth-order valence-corrected chi connectivity index (χ4v) is 4.91. The molecule has 0 aliphatic carbocycles. The number of nitrogens with zero attached hydrogens (tertiary/aromatic N) is 3. The Morgan fingerprint density at radius 1 is 0.969 bits per heavy atom. The Labute approximate surface area is 187 Å². The molecule has 0 unspecified atom stereocenters. The van der Waals surface area contributed by atoms with Gasteiger partial charge in [0, 0.05) is 44.7 Å². The minimum Gasteiger partial charge on any atom is -0.353 e. The number of fused-ring (bicyclic) bond motifs is 2. The number of benzene rings is 1. The molecule has 5 heterocycles. The lowest BCUT2D eigenvalue weighted by atomic mass is 10.1. The number of H-pyrrole nitrogens is 2. The summed E-state index contributed by atoms with van der Waals surface area (Å²) in [6, 6.07) is 18.1. The lowest BCUT2D eigenvalue weighted by Crippen LogP contribution is -1.84. The minimum absolute atomic E-state index is 0.0878. The fourth-order valence-electron chi connectivity index (χ4n) is 3.97. The molecular formula is C25H17N5OS. The van der Waals surface area contributed by atoms with Gasteiger partial charge in [-0.3, -0.25) is 19.9 Å². The van der Waals surface area contributed by atoms with Crippen LogP contribution in [0.1, 0.15) is 16.6 Å². The Kier molecular flexibility index (Phi) is 4.22. The van der Waals surface area contributed by atoms with Gasteiger partial charge in [0.2, 0.25) is 0 Å². The summed E-state index contributed by atoms with van der Waals surface area (Å²) in [5, 5.41) is 9.76. The summed E-state index contributed by atoms with van der Waals surface area (Å²) in [6.45, 7) is 1.60. The average molecular weight is 436 g/mol. The predicted octanol–water partition coefficient (Wildman–Crippen LogP) is 6.10. The van der Waals surface area contributed by atoms with E-state index < -0.39 is 0 Å². The molecule has 0 radical (unpaired) electrons. The van der Waals surface area contributed by atoms with Crippen LogP contribution in [0.5, 0.6) is 0 Å². The highest BCUT2D eigenvalue weighted by Gasteiger charge is 2.16. The van der Waals surface area contributed by atoms with Gasteiger partial charge in [-0.05, 0) is 49.4 Å². The second-order valence-corrected chi connectivity index (χ2v) is 8.68. The van der Waals surface area contributed by atoms with Crippen molar-refractivity contribution < 1.29 is 4.79 Å². The van der Waals surface area contributed by atoms with Crippen LogP contribution in [0.15, 0.2) is 73.2 Å². The summed E-state index contributed by atoms with van der Waals surface area (Å²) in [6.07, 6.45) is 5.34. The van der Waals surface area contributed by atoms with Crippen LogP contribution in [0.2, 0.25) is 0 Å². The molecule has 0 aliphatic heterocycles. The van der Waals surface area contributed by atoms with E-state index >= 15 is 0 Å². The Hall–Kier alpha value is -4.10. The summed E-state index contributed by atoms with van der Waals surface area (Å²) in [5.74, 6) is 0.0878. The molecule has 0 saturated heterocycles. The van der Waals surface area contributed by atoms with Gasteiger partial charge in [0.1, 0.15) is 5.69 Å². The van der Waals surface area contributed by atoms with Crippen molar-refractivity contribution in [3.8, 4) is 33.1 Å². The molecule has 0 amide bonds. The molecule has 0 aliphatic rings. The highest BCUT2D eigenvalue weighted by atomic mass is 32.1. The predicted molar refractivity (Wildman–Crippen MR) is 128 cm³/mol. The first-order valence-electron chi connectivity index (χ1n) is 10.1. The van der Waals surface area contributed by atoms with E-state index in [-0.39, 0.29) is 5.78 Å². The molecule has 154 valence electrons. The van der Waals surface area contributed by atoms with Gasteiger partial charge in [0.05, 0.1) is 28.0 Å². The molecular weight excluding hydrogens is 418 g/mol. The van der Waals surface area contributed by atoms with Crippen molar-refractivity contribution in [2.45, 2.75) is 6.92 Å². The second kappa shape index (κ2) is 7.25. The largest absolute Gasteiger partial charge is 0.353 e. The Bertz CT molecular complexity index is 1610. The van der Waals surface area contributed by atoms with Crippen molar-refractivity contribution in [2.24, 2.45) is 0 Å². The van der Waals surface area contributed by atoms with Crippen molar-refractivity contribution in [3.05, 3.63) is 78.1 Å². The van der Waals surface area contributed by atoms with Gasteiger partial charge in [0.15, 0.2) is 5.78 Å². The van der Waals surface area contributed by atoms with Gasteiger partial charge in [-0.1, -0.05) is 12.1 Å². The molecule has 5 aromatic heterocycles. The fraction of sp³-hybridized carbons (Fsp3) is 0.0400. The zero-order valence-electron chi connectivity index (χ0n) is 17.1. The summed E-state index contributed by atoms with van der Waals surface area (Å²) in [7, 11) is 0. The third kappa shape index (κ3) is 3.02. The molecule has 6 nitrogen and oxygen atoms in total. The van der Waals surface area contributed by atoms with E-state index in [1.54, 1.807) is 19.3 Å². The Balaban J connectivity index is 1.49. The second-order valence-electron chi connectivity index (χ2n) is 7.59. The van der Waals surface area contributed by atoms with Crippen LogP contribution >= 0.6 is 11.3 Å². The van der Waals surface area contributed by atoms with Gasteiger partial charge >= 0.3 is 0 Å². The van der Waals surface area contributed by atoms with E-state index in [2.05, 4.69) is 43.3 Å². The minimum atomic E-state index is 0.0878. The smallest absolute Gasteiger partial charge is 0.169 e. The molecule has 0 saturated carbocycles. The number of rotatable bonds is 4. The maximum absolute atomic E-state index is 11.8. The maximum Gasteiger partial charge on any atom is 0.169 e. The van der Waals surface area contributed by atoms with E-state index in [1.165, 1.54) is 11.3 Å². The topological polar surface area (TPSA) is 87.3 Å². The number of nitrogens with one attached hydrogen (secondary N) is 2. The normalized spacial score (nSPS) is 11.4. The van der Waals surface area contributed by atoms with E-state index in [4.69, 9.17) is 0 Å².